The molecule has 0 atom stereocenters. The van der Waals surface area contributed by atoms with Crippen molar-refractivity contribution in [3.05, 3.63) is 34.2 Å². The first kappa shape index (κ1) is 17.3. The minimum absolute atomic E-state index is 0.134. The Bertz CT molecular complexity index is 774. The molecular weight excluding hydrogens is 320 g/mol. The van der Waals surface area contributed by atoms with Crippen LogP contribution in [0.4, 0.5) is 0 Å². The van der Waals surface area contributed by atoms with E-state index in [2.05, 4.69) is 4.98 Å². The predicted molar refractivity (Wildman–Crippen MR) is 86.1 cm³/mol. The molecule has 0 aromatic carbocycles. The zero-order valence-corrected chi connectivity index (χ0v) is 14.5. The van der Waals surface area contributed by atoms with E-state index in [1.54, 1.807) is 40.7 Å². The van der Waals surface area contributed by atoms with Crippen molar-refractivity contribution in [1.82, 2.24) is 9.38 Å². The number of aryl methyl sites for hydroxylation is 1. The molecule has 0 aliphatic rings. The Morgan fingerprint density at radius 3 is 2.52 bits per heavy atom. The zero-order valence-electron chi connectivity index (χ0n) is 13.8. The largest absolute Gasteiger partial charge is 0.461 e. The minimum atomic E-state index is -0.632. The molecule has 2 aromatic heterocycles. The van der Waals surface area contributed by atoms with E-state index in [9.17, 15) is 9.59 Å². The molecular formula is C16H19ClN2O4. The second kappa shape index (κ2) is 6.20. The van der Waals surface area contributed by atoms with Crippen molar-refractivity contribution in [3.8, 4) is 0 Å². The number of ether oxygens (including phenoxy) is 2. The first-order valence-corrected chi connectivity index (χ1v) is 7.60. The highest BCUT2D eigenvalue weighted by molar-refractivity contribution is 6.33. The van der Waals surface area contributed by atoms with E-state index in [1.807, 2.05) is 0 Å². The lowest BCUT2D eigenvalue weighted by Crippen LogP contribution is -2.25. The average molecular weight is 339 g/mol. The molecule has 0 saturated heterocycles. The van der Waals surface area contributed by atoms with E-state index in [0.29, 0.717) is 11.2 Å². The van der Waals surface area contributed by atoms with Crippen molar-refractivity contribution in [2.24, 2.45) is 0 Å². The summed E-state index contributed by atoms with van der Waals surface area (Å²) >= 11 is 6.34. The number of carbonyl (C=O) groups excluding carboxylic acids is 2. The van der Waals surface area contributed by atoms with Gasteiger partial charge in [-0.15, -0.1) is 0 Å². The average Bonchev–Trinajstić information content (AvgIpc) is 2.81. The third-order valence-corrected chi connectivity index (χ3v) is 3.35. The second-order valence-electron chi connectivity index (χ2n) is 6.07. The van der Waals surface area contributed by atoms with Gasteiger partial charge in [0.05, 0.1) is 12.2 Å². The number of nitrogens with zero attached hydrogens (tertiary/aromatic N) is 2. The zero-order chi connectivity index (χ0) is 17.4. The molecule has 2 heterocycles. The van der Waals surface area contributed by atoms with Gasteiger partial charge in [-0.25, -0.2) is 14.6 Å². The number of esters is 2. The molecule has 124 valence electrons. The number of halogens is 1. The van der Waals surface area contributed by atoms with E-state index in [-0.39, 0.29) is 23.0 Å². The van der Waals surface area contributed by atoms with Gasteiger partial charge in [0.2, 0.25) is 0 Å². The van der Waals surface area contributed by atoms with E-state index in [4.69, 9.17) is 21.1 Å². The Kier molecular flexibility index (Phi) is 4.66. The van der Waals surface area contributed by atoms with Crippen LogP contribution in [0.2, 0.25) is 5.15 Å². The van der Waals surface area contributed by atoms with Crippen LogP contribution in [0.15, 0.2) is 12.3 Å². The van der Waals surface area contributed by atoms with Crippen LogP contribution in [0, 0.1) is 6.92 Å². The maximum absolute atomic E-state index is 12.4. The first-order chi connectivity index (χ1) is 10.6. The van der Waals surface area contributed by atoms with Crippen molar-refractivity contribution in [2.75, 3.05) is 6.61 Å². The lowest BCUT2D eigenvalue weighted by atomic mass is 10.1. The summed E-state index contributed by atoms with van der Waals surface area (Å²) in [6.45, 7) is 9.05. The monoisotopic (exact) mass is 338 g/mol. The Balaban J connectivity index is 2.52. The summed E-state index contributed by atoms with van der Waals surface area (Å²) in [5, 5.41) is 0.150. The molecule has 0 radical (unpaired) electrons. The van der Waals surface area contributed by atoms with Gasteiger partial charge in [-0.1, -0.05) is 11.6 Å². The smallest absolute Gasteiger partial charge is 0.358 e. The van der Waals surface area contributed by atoms with Gasteiger partial charge in [0.1, 0.15) is 16.4 Å². The lowest BCUT2D eigenvalue weighted by Gasteiger charge is -2.20. The second-order valence-corrected chi connectivity index (χ2v) is 6.43. The number of hydrogen-bond donors (Lipinski definition) is 0. The number of carbonyl (C=O) groups is 2. The predicted octanol–water partition coefficient (Wildman–Crippen LogP) is 3.43. The van der Waals surface area contributed by atoms with Crippen molar-refractivity contribution in [2.45, 2.75) is 40.2 Å². The highest BCUT2D eigenvalue weighted by Crippen LogP contribution is 2.25. The highest BCUT2D eigenvalue weighted by atomic mass is 35.5. The maximum Gasteiger partial charge on any atom is 0.358 e. The van der Waals surface area contributed by atoms with Gasteiger partial charge in [-0.2, -0.15) is 0 Å². The molecule has 0 fully saturated rings. The summed E-state index contributed by atoms with van der Waals surface area (Å²) in [5.41, 5.74) is 0.837. The Morgan fingerprint density at radius 2 is 1.96 bits per heavy atom. The van der Waals surface area contributed by atoms with Crippen LogP contribution in [0.5, 0.6) is 0 Å². The number of pyridine rings is 1. The number of rotatable bonds is 3. The van der Waals surface area contributed by atoms with Crippen molar-refractivity contribution in [1.29, 1.82) is 0 Å². The van der Waals surface area contributed by atoms with Crippen LogP contribution in [-0.2, 0) is 9.47 Å². The van der Waals surface area contributed by atoms with Crippen LogP contribution < -0.4 is 0 Å². The molecule has 0 spiro atoms. The minimum Gasteiger partial charge on any atom is -0.461 e. The summed E-state index contributed by atoms with van der Waals surface area (Å²) in [6.07, 6.45) is 1.45. The fourth-order valence-electron chi connectivity index (χ4n) is 2.08. The summed E-state index contributed by atoms with van der Waals surface area (Å²) < 4.78 is 11.8. The number of hydrogen-bond acceptors (Lipinski definition) is 5. The maximum atomic E-state index is 12.4. The van der Waals surface area contributed by atoms with Crippen molar-refractivity contribution < 1.29 is 19.1 Å². The van der Waals surface area contributed by atoms with Gasteiger partial charge in [0.25, 0.3) is 0 Å². The highest BCUT2D eigenvalue weighted by Gasteiger charge is 2.24. The fraction of sp³-hybridized carbons (Fsp3) is 0.438. The molecule has 0 amide bonds. The third-order valence-electron chi connectivity index (χ3n) is 2.98. The van der Waals surface area contributed by atoms with Gasteiger partial charge >= 0.3 is 11.9 Å². The van der Waals surface area contributed by atoms with E-state index < -0.39 is 17.5 Å². The van der Waals surface area contributed by atoms with Crippen LogP contribution in [-0.4, -0.2) is 33.5 Å². The van der Waals surface area contributed by atoms with Crippen LogP contribution in [0.25, 0.3) is 5.65 Å². The SMILES string of the molecule is CCOC(=O)c1cn2c(Cl)c(C(=O)OC(C)(C)C)c(C)cc2n1. The first-order valence-electron chi connectivity index (χ1n) is 7.22. The molecule has 6 nitrogen and oxygen atoms in total. The Labute approximate surface area is 139 Å². The quantitative estimate of drug-likeness (QED) is 0.633. The molecule has 0 saturated carbocycles. The number of imidazole rings is 1. The molecule has 0 unspecified atom stereocenters. The topological polar surface area (TPSA) is 69.9 Å². The van der Waals surface area contributed by atoms with E-state index >= 15 is 0 Å². The molecule has 2 aromatic rings. The van der Waals surface area contributed by atoms with Gasteiger partial charge < -0.3 is 9.47 Å². The number of fused-ring (bicyclic) bond motifs is 1. The molecule has 23 heavy (non-hydrogen) atoms. The normalized spacial score (nSPS) is 11.6. The van der Waals surface area contributed by atoms with Gasteiger partial charge in [0, 0.05) is 6.20 Å². The molecule has 0 aliphatic carbocycles. The molecule has 2 rings (SSSR count). The standard InChI is InChI=1S/C16H19ClN2O4/c1-6-22-14(20)10-8-19-11(18-10)7-9(2)12(13(19)17)15(21)23-16(3,4)5/h7-8H,6H2,1-5H3. The summed E-state index contributed by atoms with van der Waals surface area (Å²) in [6, 6.07) is 1.67. The van der Waals surface area contributed by atoms with Gasteiger partial charge in [-0.3, -0.25) is 4.40 Å². The van der Waals surface area contributed by atoms with Crippen LogP contribution in [0.1, 0.15) is 54.1 Å². The van der Waals surface area contributed by atoms with Gasteiger partial charge in [0.15, 0.2) is 5.69 Å². The fourth-order valence-corrected chi connectivity index (χ4v) is 2.44. The Morgan fingerprint density at radius 1 is 1.30 bits per heavy atom. The molecule has 0 aliphatic heterocycles. The number of aromatic nitrogens is 2. The third kappa shape index (κ3) is 3.64. The van der Waals surface area contributed by atoms with E-state index in [0.717, 1.165) is 0 Å². The molecule has 0 N–H and O–H groups in total. The van der Waals surface area contributed by atoms with E-state index in [1.165, 1.54) is 10.6 Å². The molecule has 0 bridgehead atoms. The van der Waals surface area contributed by atoms with Crippen molar-refractivity contribution >= 4 is 29.2 Å². The lowest BCUT2D eigenvalue weighted by molar-refractivity contribution is 0.00682. The van der Waals surface area contributed by atoms with Crippen LogP contribution >= 0.6 is 11.6 Å². The summed E-state index contributed by atoms with van der Waals surface area (Å²) in [5.74, 6) is -1.06. The molecule has 7 heteroatoms. The van der Waals surface area contributed by atoms with Crippen LogP contribution in [0.3, 0.4) is 0 Å². The van der Waals surface area contributed by atoms with Gasteiger partial charge in [-0.05, 0) is 46.2 Å². The Hall–Kier alpha value is -2.08. The summed E-state index contributed by atoms with van der Waals surface area (Å²) in [4.78, 5) is 28.3. The summed E-state index contributed by atoms with van der Waals surface area (Å²) in [7, 11) is 0. The van der Waals surface area contributed by atoms with Crippen molar-refractivity contribution in [3.63, 3.8) is 0 Å².